The van der Waals surface area contributed by atoms with Gasteiger partial charge in [0.05, 0.1) is 11.3 Å². The van der Waals surface area contributed by atoms with Gasteiger partial charge in [0.25, 0.3) is 5.91 Å². The molecule has 1 saturated heterocycles. The number of carbonyl (C=O) groups excluding carboxylic acids is 1. The molecule has 0 spiro atoms. The van der Waals surface area contributed by atoms with Gasteiger partial charge in [-0.25, -0.2) is 0 Å². The van der Waals surface area contributed by atoms with Crippen molar-refractivity contribution in [1.82, 2.24) is 15.1 Å². The molecular formula is C18H23ClN4O. The highest BCUT2D eigenvalue weighted by Crippen LogP contribution is 2.25. The summed E-state index contributed by atoms with van der Waals surface area (Å²) in [5.41, 5.74) is 3.57. The molecule has 2 heterocycles. The van der Waals surface area contributed by atoms with Crippen molar-refractivity contribution in [3.8, 4) is 0 Å². The van der Waals surface area contributed by atoms with Gasteiger partial charge in [0, 0.05) is 43.1 Å². The number of anilines is 1. The topological polar surface area (TPSA) is 50.2 Å². The predicted molar refractivity (Wildman–Crippen MR) is 96.8 cm³/mol. The van der Waals surface area contributed by atoms with E-state index >= 15 is 0 Å². The number of aromatic nitrogens is 2. The van der Waals surface area contributed by atoms with E-state index in [1.165, 1.54) is 5.69 Å². The van der Waals surface area contributed by atoms with Gasteiger partial charge in [-0.15, -0.1) is 0 Å². The Morgan fingerprint density at radius 1 is 1.33 bits per heavy atom. The van der Waals surface area contributed by atoms with Crippen LogP contribution in [0.15, 0.2) is 24.3 Å². The number of amides is 1. The second kappa shape index (κ2) is 6.85. The van der Waals surface area contributed by atoms with Crippen molar-refractivity contribution in [1.29, 1.82) is 0 Å². The maximum atomic E-state index is 12.5. The summed E-state index contributed by atoms with van der Waals surface area (Å²) in [5.74, 6) is 0.435. The van der Waals surface area contributed by atoms with E-state index in [9.17, 15) is 4.79 Å². The average molecular weight is 347 g/mol. The van der Waals surface area contributed by atoms with Crippen LogP contribution in [0.3, 0.4) is 0 Å². The maximum absolute atomic E-state index is 12.5. The van der Waals surface area contributed by atoms with E-state index in [4.69, 9.17) is 11.6 Å². The fourth-order valence-electron chi connectivity index (χ4n) is 3.31. The summed E-state index contributed by atoms with van der Waals surface area (Å²) in [4.78, 5) is 14.8. The Balaban J connectivity index is 1.56. The van der Waals surface area contributed by atoms with E-state index in [0.717, 1.165) is 35.9 Å². The molecule has 2 aromatic rings. The number of hydrogen-bond acceptors (Lipinski definition) is 3. The van der Waals surface area contributed by atoms with Crippen molar-refractivity contribution in [2.75, 3.05) is 24.5 Å². The Kier molecular flexibility index (Phi) is 4.81. The molecule has 1 amide bonds. The van der Waals surface area contributed by atoms with E-state index in [1.54, 1.807) is 4.68 Å². The van der Waals surface area contributed by atoms with Crippen molar-refractivity contribution < 1.29 is 4.79 Å². The second-order valence-corrected chi connectivity index (χ2v) is 6.89. The second-order valence-electron chi connectivity index (χ2n) is 6.46. The number of halogens is 1. The van der Waals surface area contributed by atoms with Crippen molar-refractivity contribution in [3.05, 3.63) is 46.2 Å². The number of hydrogen-bond donors (Lipinski definition) is 1. The molecule has 1 fully saturated rings. The molecule has 0 radical (unpaired) electrons. The van der Waals surface area contributed by atoms with Gasteiger partial charge in [-0.05, 0) is 50.5 Å². The van der Waals surface area contributed by atoms with Crippen LogP contribution in [-0.4, -0.2) is 35.3 Å². The van der Waals surface area contributed by atoms with Crippen LogP contribution in [-0.2, 0) is 7.05 Å². The molecule has 1 N–H and O–H groups in total. The normalized spacial score (nSPS) is 17.3. The zero-order valence-electron chi connectivity index (χ0n) is 14.3. The highest BCUT2D eigenvalue weighted by atomic mass is 35.5. The summed E-state index contributed by atoms with van der Waals surface area (Å²) in [7, 11) is 1.86. The molecule has 1 aromatic heterocycles. The lowest BCUT2D eigenvalue weighted by Gasteiger charge is -2.19. The Morgan fingerprint density at radius 2 is 2.04 bits per heavy atom. The third-order valence-corrected chi connectivity index (χ3v) is 5.02. The first kappa shape index (κ1) is 16.8. The number of benzene rings is 1. The summed E-state index contributed by atoms with van der Waals surface area (Å²) in [6, 6.07) is 7.93. The molecule has 1 atom stereocenters. The highest BCUT2D eigenvalue weighted by molar-refractivity contribution is 6.30. The molecule has 3 rings (SSSR count). The fourth-order valence-corrected chi connectivity index (χ4v) is 3.44. The first-order valence-corrected chi connectivity index (χ1v) is 8.62. The monoisotopic (exact) mass is 346 g/mol. The quantitative estimate of drug-likeness (QED) is 0.926. The molecule has 1 aromatic carbocycles. The lowest BCUT2D eigenvalue weighted by molar-refractivity contribution is 0.0947. The first-order valence-electron chi connectivity index (χ1n) is 8.24. The summed E-state index contributed by atoms with van der Waals surface area (Å²) < 4.78 is 1.75. The van der Waals surface area contributed by atoms with E-state index in [2.05, 4.69) is 15.3 Å². The van der Waals surface area contributed by atoms with Crippen molar-refractivity contribution in [2.45, 2.75) is 20.3 Å². The number of nitrogens with zero attached hydrogens (tertiary/aromatic N) is 3. The number of aryl methyl sites for hydroxylation is 2. The van der Waals surface area contributed by atoms with Crippen LogP contribution >= 0.6 is 11.6 Å². The Hall–Kier alpha value is -2.01. The molecule has 0 aliphatic carbocycles. The van der Waals surface area contributed by atoms with Gasteiger partial charge >= 0.3 is 0 Å². The van der Waals surface area contributed by atoms with Crippen molar-refractivity contribution >= 4 is 23.2 Å². The molecule has 1 aliphatic rings. The number of rotatable bonds is 4. The Labute approximate surface area is 147 Å². The third-order valence-electron chi connectivity index (χ3n) is 4.76. The minimum atomic E-state index is -0.0250. The Morgan fingerprint density at radius 3 is 2.67 bits per heavy atom. The van der Waals surface area contributed by atoms with Gasteiger partial charge in [-0.1, -0.05) is 11.6 Å². The van der Waals surface area contributed by atoms with Gasteiger partial charge < -0.3 is 10.2 Å². The molecule has 0 bridgehead atoms. The summed E-state index contributed by atoms with van der Waals surface area (Å²) in [6.45, 7) is 6.45. The highest BCUT2D eigenvalue weighted by Gasteiger charge is 2.24. The van der Waals surface area contributed by atoms with E-state index in [0.29, 0.717) is 18.0 Å². The minimum Gasteiger partial charge on any atom is -0.371 e. The molecular weight excluding hydrogens is 324 g/mol. The van der Waals surface area contributed by atoms with Crippen molar-refractivity contribution in [2.24, 2.45) is 13.0 Å². The lowest BCUT2D eigenvalue weighted by atomic mass is 10.1. The number of carbonyl (C=O) groups is 1. The predicted octanol–water partition coefficient (Wildman–Crippen LogP) is 2.95. The smallest absolute Gasteiger partial charge is 0.255 e. The standard InChI is InChI=1S/C18H23ClN4O/c1-12-17(13(2)22(3)21-12)18(24)20-10-14-8-9-23(11-14)16-6-4-15(19)5-7-16/h4-7,14H,8-11H2,1-3H3,(H,20,24). The largest absolute Gasteiger partial charge is 0.371 e. The molecule has 128 valence electrons. The summed E-state index contributed by atoms with van der Waals surface area (Å²) >= 11 is 5.94. The van der Waals surface area contributed by atoms with Gasteiger partial charge in [0.2, 0.25) is 0 Å². The number of nitrogens with one attached hydrogen (secondary N) is 1. The molecule has 6 heteroatoms. The van der Waals surface area contributed by atoms with Gasteiger partial charge in [0.15, 0.2) is 0 Å². The van der Waals surface area contributed by atoms with Crippen LogP contribution in [0, 0.1) is 19.8 Å². The summed E-state index contributed by atoms with van der Waals surface area (Å²) in [5, 5.41) is 8.14. The van der Waals surface area contributed by atoms with Crippen LogP contribution in [0.1, 0.15) is 28.2 Å². The van der Waals surface area contributed by atoms with E-state index < -0.39 is 0 Å². The van der Waals surface area contributed by atoms with Gasteiger partial charge in [-0.2, -0.15) is 5.10 Å². The maximum Gasteiger partial charge on any atom is 0.255 e. The van der Waals surface area contributed by atoms with Crippen LogP contribution < -0.4 is 10.2 Å². The molecule has 0 saturated carbocycles. The van der Waals surface area contributed by atoms with Gasteiger partial charge in [0.1, 0.15) is 0 Å². The van der Waals surface area contributed by atoms with Crippen molar-refractivity contribution in [3.63, 3.8) is 0 Å². The van der Waals surface area contributed by atoms with Gasteiger partial charge in [-0.3, -0.25) is 9.48 Å². The van der Waals surface area contributed by atoms with Crippen LogP contribution in [0.25, 0.3) is 0 Å². The van der Waals surface area contributed by atoms with E-state index in [1.807, 2.05) is 45.2 Å². The molecule has 1 aliphatic heterocycles. The SMILES string of the molecule is Cc1nn(C)c(C)c1C(=O)NCC1CCN(c2ccc(Cl)cc2)C1. The summed E-state index contributed by atoms with van der Waals surface area (Å²) in [6.07, 6.45) is 1.08. The third kappa shape index (κ3) is 3.41. The van der Waals surface area contributed by atoms with E-state index in [-0.39, 0.29) is 5.91 Å². The molecule has 1 unspecified atom stereocenters. The fraction of sp³-hybridized carbons (Fsp3) is 0.444. The zero-order valence-corrected chi connectivity index (χ0v) is 15.1. The zero-order chi connectivity index (χ0) is 17.3. The molecule has 5 nitrogen and oxygen atoms in total. The lowest BCUT2D eigenvalue weighted by Crippen LogP contribution is -2.31. The van der Waals surface area contributed by atoms with Crippen LogP contribution in [0.2, 0.25) is 5.02 Å². The van der Waals surface area contributed by atoms with Crippen LogP contribution in [0.4, 0.5) is 5.69 Å². The van der Waals surface area contributed by atoms with Crippen LogP contribution in [0.5, 0.6) is 0 Å². The first-order chi connectivity index (χ1) is 11.5. The Bertz CT molecular complexity index is 738. The molecule has 24 heavy (non-hydrogen) atoms. The minimum absolute atomic E-state index is 0.0250. The average Bonchev–Trinajstić information content (AvgIpc) is 3.11.